The maximum Gasteiger partial charge on any atom is 0.320 e. The van der Waals surface area contributed by atoms with E-state index in [-0.39, 0.29) is 16.9 Å². The predicted molar refractivity (Wildman–Crippen MR) is 166 cm³/mol. The van der Waals surface area contributed by atoms with Crippen LogP contribution in [-0.2, 0) is 16.0 Å². The van der Waals surface area contributed by atoms with Gasteiger partial charge in [-0.1, -0.05) is 112 Å². The zero-order valence-electron chi connectivity index (χ0n) is 25.3. The molecule has 3 heteroatoms. The third-order valence-corrected chi connectivity index (χ3v) is 12.8. The number of ether oxygens (including phenoxy) is 1. The van der Waals surface area contributed by atoms with Crippen molar-refractivity contribution in [3.63, 3.8) is 0 Å². The minimum Gasteiger partial charge on any atom is -0.461 e. The molecule has 0 spiro atoms. The first-order valence-electron chi connectivity index (χ1n) is 16.2. The Labute approximate surface area is 247 Å². The lowest BCUT2D eigenvalue weighted by Gasteiger charge is -2.58. The minimum atomic E-state index is -0.281. The summed E-state index contributed by atoms with van der Waals surface area (Å²) in [6, 6.07) is 10.2. The molecule has 1 aromatic rings. The molecule has 0 N–H and O–H groups in total. The van der Waals surface area contributed by atoms with Gasteiger partial charge in [0.05, 0.1) is 0 Å². The standard InChI is InChI=1S/C36H53BrO2/c1-24(2)10-9-11-25(3)30-16-17-31-29-15-14-27-23-28(18-20-35(27,4)32(29)19-21-36(30,31)5)39-34(38)33(37)22-26-12-7-6-8-13-26/h6-8,12-14,24-25,28-33H,9-11,15-23H2,1-5H3/t25-,28+,29-,30+,31-,32-,33+,35-,36+/m0/s1. The Kier molecular flexibility index (Phi) is 9.07. The number of fused-ring (bicyclic) bond motifs is 5. The molecule has 2 nitrogen and oxygen atoms in total. The van der Waals surface area contributed by atoms with Crippen molar-refractivity contribution in [2.75, 3.05) is 0 Å². The van der Waals surface area contributed by atoms with E-state index in [0.717, 1.165) is 53.9 Å². The van der Waals surface area contributed by atoms with Crippen LogP contribution < -0.4 is 0 Å². The molecule has 1 aromatic carbocycles. The summed E-state index contributed by atoms with van der Waals surface area (Å²) in [7, 11) is 0. The number of carbonyl (C=O) groups is 1. The first kappa shape index (κ1) is 29.4. The SMILES string of the molecule is CC(C)CCC[C@H](C)[C@H]1CC[C@H]2[C@@H]3CC=C4C[C@H](OC(=O)[C@H](Br)Cc5ccccc5)CC[C@]4(C)[C@H]3CC[C@]12C. The van der Waals surface area contributed by atoms with Gasteiger partial charge >= 0.3 is 5.97 Å². The van der Waals surface area contributed by atoms with E-state index >= 15 is 0 Å². The fourth-order valence-corrected chi connectivity index (χ4v) is 10.4. The number of rotatable bonds is 9. The fourth-order valence-electron chi connectivity index (χ4n) is 9.90. The lowest BCUT2D eigenvalue weighted by Crippen LogP contribution is -2.51. The molecule has 216 valence electrons. The molecule has 9 atom stereocenters. The van der Waals surface area contributed by atoms with E-state index in [1.54, 1.807) is 5.57 Å². The average molecular weight is 598 g/mol. The monoisotopic (exact) mass is 596 g/mol. The Morgan fingerprint density at radius 1 is 1.00 bits per heavy atom. The minimum absolute atomic E-state index is 0.0283. The van der Waals surface area contributed by atoms with Crippen molar-refractivity contribution in [3.8, 4) is 0 Å². The van der Waals surface area contributed by atoms with Crippen LogP contribution in [0.25, 0.3) is 0 Å². The predicted octanol–water partition coefficient (Wildman–Crippen LogP) is 9.95. The second kappa shape index (κ2) is 12.0. The molecule has 0 saturated heterocycles. The third kappa shape index (κ3) is 5.96. The number of halogens is 1. The molecule has 0 radical (unpaired) electrons. The average Bonchev–Trinajstić information content (AvgIpc) is 3.26. The van der Waals surface area contributed by atoms with E-state index in [9.17, 15) is 4.79 Å². The van der Waals surface area contributed by atoms with Crippen molar-refractivity contribution in [2.45, 2.75) is 123 Å². The first-order chi connectivity index (χ1) is 18.6. The van der Waals surface area contributed by atoms with Gasteiger partial charge < -0.3 is 4.74 Å². The lowest BCUT2D eigenvalue weighted by atomic mass is 9.47. The van der Waals surface area contributed by atoms with Gasteiger partial charge in [0.25, 0.3) is 0 Å². The summed E-state index contributed by atoms with van der Waals surface area (Å²) in [5, 5.41) is 0. The fraction of sp³-hybridized carbons (Fsp3) is 0.750. The van der Waals surface area contributed by atoms with Crippen LogP contribution in [0.4, 0.5) is 0 Å². The Balaban J connectivity index is 1.21. The molecule has 0 amide bonds. The molecule has 3 fully saturated rings. The summed E-state index contributed by atoms with van der Waals surface area (Å²) in [6.07, 6.45) is 17.6. The van der Waals surface area contributed by atoms with Gasteiger partial charge in [-0.25, -0.2) is 0 Å². The van der Waals surface area contributed by atoms with E-state index < -0.39 is 0 Å². The number of esters is 1. The largest absolute Gasteiger partial charge is 0.461 e. The number of carbonyl (C=O) groups excluding carboxylic acids is 1. The van der Waals surface area contributed by atoms with Crippen molar-refractivity contribution in [1.82, 2.24) is 0 Å². The highest BCUT2D eigenvalue weighted by atomic mass is 79.9. The number of benzene rings is 1. The molecule has 39 heavy (non-hydrogen) atoms. The summed E-state index contributed by atoms with van der Waals surface area (Å²) >= 11 is 3.61. The van der Waals surface area contributed by atoms with Gasteiger partial charge in [-0.05, 0) is 103 Å². The van der Waals surface area contributed by atoms with Gasteiger partial charge in [-0.15, -0.1) is 0 Å². The second-order valence-electron chi connectivity index (χ2n) is 14.7. The van der Waals surface area contributed by atoms with E-state index in [1.165, 1.54) is 57.8 Å². The first-order valence-corrected chi connectivity index (χ1v) is 17.1. The van der Waals surface area contributed by atoms with Gasteiger partial charge in [-0.2, -0.15) is 0 Å². The van der Waals surface area contributed by atoms with Crippen molar-refractivity contribution >= 4 is 21.9 Å². The summed E-state index contributed by atoms with van der Waals surface area (Å²) in [5.41, 5.74) is 3.60. The van der Waals surface area contributed by atoms with Gasteiger partial charge in [0, 0.05) is 6.42 Å². The van der Waals surface area contributed by atoms with Crippen molar-refractivity contribution < 1.29 is 9.53 Å². The number of alkyl halides is 1. The maximum absolute atomic E-state index is 12.9. The van der Waals surface area contributed by atoms with Gasteiger partial charge in [0.1, 0.15) is 10.9 Å². The smallest absolute Gasteiger partial charge is 0.320 e. The van der Waals surface area contributed by atoms with Crippen molar-refractivity contribution in [3.05, 3.63) is 47.5 Å². The molecule has 0 aliphatic heterocycles. The molecular weight excluding hydrogens is 544 g/mol. The third-order valence-electron chi connectivity index (χ3n) is 12.1. The Hall–Kier alpha value is -1.09. The number of allylic oxidation sites excluding steroid dienone is 1. The van der Waals surface area contributed by atoms with Crippen molar-refractivity contribution in [1.29, 1.82) is 0 Å². The van der Waals surface area contributed by atoms with Gasteiger partial charge in [0.2, 0.25) is 0 Å². The summed E-state index contributed by atoms with van der Waals surface area (Å²) in [6.45, 7) is 12.6. The highest BCUT2D eigenvalue weighted by molar-refractivity contribution is 9.10. The zero-order valence-corrected chi connectivity index (χ0v) is 26.8. The van der Waals surface area contributed by atoms with E-state index in [1.807, 2.05) is 18.2 Å². The van der Waals surface area contributed by atoms with Crippen molar-refractivity contribution in [2.24, 2.45) is 46.3 Å². The molecule has 4 aliphatic rings. The Bertz CT molecular complexity index is 1020. The summed E-state index contributed by atoms with van der Waals surface area (Å²) < 4.78 is 6.10. The molecule has 4 aliphatic carbocycles. The zero-order chi connectivity index (χ0) is 27.8. The quantitative estimate of drug-likeness (QED) is 0.161. The van der Waals surface area contributed by atoms with Crippen LogP contribution in [0.5, 0.6) is 0 Å². The Morgan fingerprint density at radius 2 is 1.77 bits per heavy atom. The van der Waals surface area contributed by atoms with Crippen LogP contribution in [0.1, 0.15) is 111 Å². The number of hydrogen-bond donors (Lipinski definition) is 0. The van der Waals surface area contributed by atoms with E-state index in [2.05, 4.69) is 68.8 Å². The molecule has 0 heterocycles. The van der Waals surface area contributed by atoms with Crippen LogP contribution in [0, 0.1) is 46.3 Å². The summed E-state index contributed by atoms with van der Waals surface area (Å²) in [5.74, 6) is 5.06. The second-order valence-corrected chi connectivity index (χ2v) is 15.9. The molecular formula is C36H53BrO2. The van der Waals surface area contributed by atoms with Gasteiger partial charge in [-0.3, -0.25) is 4.79 Å². The maximum atomic E-state index is 12.9. The van der Waals surface area contributed by atoms with Crippen LogP contribution in [0.2, 0.25) is 0 Å². The van der Waals surface area contributed by atoms with Crippen LogP contribution >= 0.6 is 15.9 Å². The molecule has 0 unspecified atom stereocenters. The van der Waals surface area contributed by atoms with Crippen LogP contribution in [-0.4, -0.2) is 16.9 Å². The lowest BCUT2D eigenvalue weighted by molar-refractivity contribution is -0.150. The number of hydrogen-bond acceptors (Lipinski definition) is 2. The molecule has 5 rings (SSSR count). The van der Waals surface area contributed by atoms with E-state index in [4.69, 9.17) is 4.74 Å². The molecule has 3 saturated carbocycles. The van der Waals surface area contributed by atoms with Gasteiger partial charge in [0.15, 0.2) is 0 Å². The van der Waals surface area contributed by atoms with E-state index in [0.29, 0.717) is 17.3 Å². The normalized spacial score (nSPS) is 37.3. The van der Waals surface area contributed by atoms with Crippen LogP contribution in [0.3, 0.4) is 0 Å². The highest BCUT2D eigenvalue weighted by Gasteiger charge is 2.59. The Morgan fingerprint density at radius 3 is 2.51 bits per heavy atom. The summed E-state index contributed by atoms with van der Waals surface area (Å²) in [4.78, 5) is 12.7. The molecule has 0 aromatic heterocycles. The molecule has 0 bridgehead atoms. The highest BCUT2D eigenvalue weighted by Crippen LogP contribution is 2.67. The topological polar surface area (TPSA) is 26.3 Å². The van der Waals surface area contributed by atoms with Crippen LogP contribution in [0.15, 0.2) is 42.0 Å².